The molecule has 25 heteroatoms. The number of H-pyrrole nitrogens is 2. The molecule has 25 nitrogen and oxygen atoms in total. The summed E-state index contributed by atoms with van der Waals surface area (Å²) in [5, 5.41) is 0. The smallest absolute Gasteiger partial charge is 0.303 e. The van der Waals surface area contributed by atoms with Crippen molar-refractivity contribution in [2.24, 2.45) is 0 Å². The third-order valence-electron chi connectivity index (χ3n) is 14.9. The zero-order chi connectivity index (χ0) is 64.7. The van der Waals surface area contributed by atoms with Crippen molar-refractivity contribution in [3.8, 4) is 50.3 Å². The fourth-order valence-electron chi connectivity index (χ4n) is 11.4. The standard InChI is InChI=1S/C67H61N7O18/c1-34(75)82-32-54-60(84-36(3)77)62(85-37(4)78)65(88-40(7)81)67(91-54)92-61-55(33-83-35(2)76)90-66(64(87-39(6)80)63(61)86-38(5)79)89-53-11-9-8-10-44(53)59-51-18-16-49(73-51)57(42-22-28-69-29-23-42)47-14-12-45(71-47)56(41-20-26-68-27-21-41)46-13-15-48(72-46)58(43-24-30-70-31-25-43)50-17-19-52(59)74-50/h8-31,54-55,60-67,71,74H,32-33H2,1-7H3/t54-,55-,60-,61-,62+,63+,64-,65-,66-,67-/m1/s1. The summed E-state index contributed by atoms with van der Waals surface area (Å²) in [6.07, 6.45) is 0.951. The van der Waals surface area contributed by atoms with Crippen LogP contribution in [0.5, 0.6) is 5.75 Å². The third kappa shape index (κ3) is 14.0. The van der Waals surface area contributed by atoms with E-state index >= 15 is 0 Å². The van der Waals surface area contributed by atoms with Gasteiger partial charge in [0.2, 0.25) is 12.4 Å². The van der Waals surface area contributed by atoms with Gasteiger partial charge in [0.1, 0.15) is 37.3 Å². The first-order valence-electron chi connectivity index (χ1n) is 29.1. The number of nitrogens with one attached hydrogen (secondary N) is 2. The van der Waals surface area contributed by atoms with Crippen molar-refractivity contribution in [3.63, 3.8) is 0 Å². The molecular formula is C67H61N7O18. The molecule has 0 aliphatic carbocycles. The fraction of sp³-hybridized carbons (Fsp3) is 0.284. The molecule has 4 aliphatic rings. The summed E-state index contributed by atoms with van der Waals surface area (Å²) >= 11 is 0. The number of nitrogens with zero attached hydrogens (tertiary/aromatic N) is 5. The lowest BCUT2D eigenvalue weighted by Gasteiger charge is -2.48. The molecule has 1 aromatic carbocycles. The minimum atomic E-state index is -1.91. The van der Waals surface area contributed by atoms with E-state index in [2.05, 4.69) is 24.9 Å². The summed E-state index contributed by atoms with van der Waals surface area (Å²) in [5.74, 6) is -6.06. The highest BCUT2D eigenvalue weighted by molar-refractivity contribution is 6.00. The van der Waals surface area contributed by atoms with Crippen LogP contribution in [-0.4, -0.2) is 151 Å². The Hall–Kier alpha value is -10.8. The van der Waals surface area contributed by atoms with E-state index in [-0.39, 0.29) is 5.75 Å². The highest BCUT2D eigenvalue weighted by atomic mass is 16.8. The lowest BCUT2D eigenvalue weighted by molar-refractivity contribution is -0.354. The second kappa shape index (κ2) is 27.5. The van der Waals surface area contributed by atoms with Gasteiger partial charge >= 0.3 is 41.8 Å². The second-order valence-electron chi connectivity index (χ2n) is 21.5. The molecule has 4 aliphatic heterocycles. The Labute approximate surface area is 525 Å². The van der Waals surface area contributed by atoms with Crippen molar-refractivity contribution >= 4 is 88.2 Å². The van der Waals surface area contributed by atoms with Crippen LogP contribution in [0.25, 0.3) is 90.9 Å². The Morgan fingerprint density at radius 2 is 0.739 bits per heavy atom. The lowest BCUT2D eigenvalue weighted by atomic mass is 9.95. The van der Waals surface area contributed by atoms with E-state index in [1.807, 2.05) is 85.0 Å². The SMILES string of the molecule is CC(=O)OC[C@H]1O[C@H](O[C@H]2[C@H](OC(C)=O)[C@@H](OC(C)=O)[C@H](Oc3ccccc3-c3c4nc(c(-c5ccncc5)c5ccc([nH]5)c(-c5ccncc5)c5nc(c(-c6ccncc6)c6ccc3[nH]6)C=C5)C=C4)O[C@@H]2COC(C)=O)[C@H](OC(C)=O)[C@@H](OC(C)=O)[C@@H]1OC(C)=O. The maximum Gasteiger partial charge on any atom is 0.303 e. The van der Waals surface area contributed by atoms with Crippen LogP contribution >= 0.6 is 0 Å². The van der Waals surface area contributed by atoms with Crippen molar-refractivity contribution in [2.45, 2.75) is 110 Å². The van der Waals surface area contributed by atoms with Crippen molar-refractivity contribution in [1.29, 1.82) is 0 Å². The summed E-state index contributed by atoms with van der Waals surface area (Å²) in [5.41, 5.74) is 10.8. The van der Waals surface area contributed by atoms with Crippen molar-refractivity contribution < 1.29 is 85.7 Å². The molecule has 472 valence electrons. The average Bonchev–Trinajstić information content (AvgIpc) is 1.38. The van der Waals surface area contributed by atoms with Gasteiger partial charge in [0.25, 0.3) is 0 Å². The van der Waals surface area contributed by atoms with Gasteiger partial charge in [-0.25, -0.2) is 9.97 Å². The molecule has 10 heterocycles. The Balaban J connectivity index is 1.09. The average molecular weight is 1250 g/mol. The summed E-state index contributed by atoms with van der Waals surface area (Å²) < 4.78 is 66.4. The number of carbonyl (C=O) groups excluding carboxylic acids is 7. The van der Waals surface area contributed by atoms with Gasteiger partial charge in [-0.2, -0.15) is 0 Å². The van der Waals surface area contributed by atoms with E-state index in [1.54, 1.807) is 61.4 Å². The van der Waals surface area contributed by atoms with Gasteiger partial charge in [-0.05, 0) is 108 Å². The van der Waals surface area contributed by atoms with Crippen LogP contribution in [0.15, 0.2) is 122 Å². The van der Waals surface area contributed by atoms with Crippen LogP contribution in [0, 0.1) is 0 Å². The van der Waals surface area contributed by atoms with Gasteiger partial charge in [0.05, 0.1) is 22.8 Å². The zero-order valence-electron chi connectivity index (χ0n) is 50.6. The minimum absolute atomic E-state index is 0.110. The molecule has 7 aromatic rings. The first-order valence-corrected chi connectivity index (χ1v) is 29.1. The van der Waals surface area contributed by atoms with Crippen LogP contribution in [0.2, 0.25) is 0 Å². The molecule has 2 fully saturated rings. The van der Waals surface area contributed by atoms with Gasteiger partial charge in [-0.1, -0.05) is 18.2 Å². The number of hydrogen-bond acceptors (Lipinski definition) is 23. The van der Waals surface area contributed by atoms with Crippen LogP contribution in [-0.2, 0) is 80.9 Å². The van der Waals surface area contributed by atoms with E-state index in [9.17, 15) is 33.6 Å². The van der Waals surface area contributed by atoms with Crippen LogP contribution in [0.4, 0.5) is 0 Å². The largest absolute Gasteiger partial charge is 0.463 e. The summed E-state index contributed by atoms with van der Waals surface area (Å²) in [6.45, 7) is 6.27. The molecular weight excluding hydrogens is 1190 g/mol. The molecule has 92 heavy (non-hydrogen) atoms. The van der Waals surface area contributed by atoms with E-state index in [0.717, 1.165) is 92.9 Å². The zero-order valence-corrected chi connectivity index (χ0v) is 50.6. The molecule has 2 N–H and O–H groups in total. The van der Waals surface area contributed by atoms with Gasteiger partial charge in [0, 0.05) is 136 Å². The maximum atomic E-state index is 13.5. The normalized spacial score (nSPS) is 21.5. The predicted octanol–water partition coefficient (Wildman–Crippen LogP) is 8.51. The summed E-state index contributed by atoms with van der Waals surface area (Å²) in [7, 11) is 0. The number of aromatic nitrogens is 7. The van der Waals surface area contributed by atoms with Crippen LogP contribution in [0.1, 0.15) is 71.2 Å². The number of esters is 7. The molecule has 2 saturated heterocycles. The molecule has 0 unspecified atom stereocenters. The molecule has 11 rings (SSSR count). The van der Waals surface area contributed by atoms with Gasteiger partial charge in [0.15, 0.2) is 30.7 Å². The molecule has 0 spiro atoms. The van der Waals surface area contributed by atoms with E-state index in [1.165, 1.54) is 0 Å². The molecule has 6 aromatic heterocycles. The van der Waals surface area contributed by atoms with Gasteiger partial charge in [-0.3, -0.25) is 48.5 Å². The summed E-state index contributed by atoms with van der Waals surface area (Å²) in [6, 6.07) is 26.2. The Morgan fingerprint density at radius 3 is 1.16 bits per heavy atom. The number of benzene rings is 1. The van der Waals surface area contributed by atoms with Crippen molar-refractivity contribution in [3.05, 3.63) is 145 Å². The minimum Gasteiger partial charge on any atom is -0.463 e. The van der Waals surface area contributed by atoms with Crippen molar-refractivity contribution in [2.75, 3.05) is 13.2 Å². The monoisotopic (exact) mass is 1250 g/mol. The van der Waals surface area contributed by atoms with E-state index in [0.29, 0.717) is 44.9 Å². The summed E-state index contributed by atoms with van der Waals surface area (Å²) in [4.78, 5) is 121. The topological polar surface area (TPSA) is 317 Å². The number of carbonyl (C=O) groups is 7. The molecule has 0 amide bonds. The molecule has 8 bridgehead atoms. The Kier molecular flexibility index (Phi) is 18.8. The van der Waals surface area contributed by atoms with Gasteiger partial charge in [-0.15, -0.1) is 0 Å². The number of pyridine rings is 3. The number of para-hydroxylation sites is 1. The highest BCUT2D eigenvalue weighted by Gasteiger charge is 2.58. The first-order chi connectivity index (χ1) is 44.4. The maximum absolute atomic E-state index is 13.5. The van der Waals surface area contributed by atoms with Crippen molar-refractivity contribution in [1.82, 2.24) is 34.9 Å². The highest BCUT2D eigenvalue weighted by Crippen LogP contribution is 2.43. The number of rotatable bonds is 17. The third-order valence-corrected chi connectivity index (χ3v) is 14.9. The van der Waals surface area contributed by atoms with E-state index < -0.39 is 116 Å². The number of ether oxygens (including phenoxy) is 11. The van der Waals surface area contributed by atoms with Crippen LogP contribution in [0.3, 0.4) is 0 Å². The van der Waals surface area contributed by atoms with E-state index in [4.69, 9.17) is 62.1 Å². The first kappa shape index (κ1) is 62.8. The molecule has 0 saturated carbocycles. The fourth-order valence-corrected chi connectivity index (χ4v) is 11.4. The second-order valence-corrected chi connectivity index (χ2v) is 21.5. The quantitative estimate of drug-likeness (QED) is 0.0637. The number of fused-ring (bicyclic) bond motifs is 8. The molecule has 0 radical (unpaired) electrons. The number of hydrogen-bond donors (Lipinski definition) is 2. The van der Waals surface area contributed by atoms with Crippen LogP contribution < -0.4 is 4.74 Å². The number of aromatic amines is 2. The lowest BCUT2D eigenvalue weighted by Crippen LogP contribution is -2.67. The predicted molar refractivity (Wildman–Crippen MR) is 328 cm³/mol. The molecule has 10 atom stereocenters. The Morgan fingerprint density at radius 1 is 0.391 bits per heavy atom. The Bertz CT molecular complexity index is 4180. The van der Waals surface area contributed by atoms with Gasteiger partial charge < -0.3 is 62.1 Å².